The molecule has 1 aliphatic rings. The molecular weight excluding hydrogens is 343 g/mol. The number of anilines is 1. The highest BCUT2D eigenvalue weighted by Crippen LogP contribution is 2.21. The van der Waals surface area contributed by atoms with Gasteiger partial charge >= 0.3 is 11.4 Å². The summed E-state index contributed by atoms with van der Waals surface area (Å²) in [7, 11) is 0. The molecule has 140 valence electrons. The molecule has 2 N–H and O–H groups in total. The molecule has 1 aromatic heterocycles. The molecule has 9 heteroatoms. The standard InChI is InChI=1S/C17H21FN4O4/c1-10(2)22-16(23)20-15(21-17(22)24)19-8-11-7-12(3-4-14(11)18)26-13-5-6-25-9-13/h3-4,7,10,13H,5-6,8-9H2,1-2H3,(H2,19,20,21,23,24). The smallest absolute Gasteiger partial charge is 0.355 e. The number of nitrogens with one attached hydrogen (secondary N) is 2. The summed E-state index contributed by atoms with van der Waals surface area (Å²) in [6.07, 6.45) is 0.755. The summed E-state index contributed by atoms with van der Waals surface area (Å²) in [5.74, 6) is 0.104. The zero-order valence-corrected chi connectivity index (χ0v) is 14.6. The van der Waals surface area contributed by atoms with Gasteiger partial charge in [-0.1, -0.05) is 0 Å². The number of H-pyrrole nitrogens is 1. The highest BCUT2D eigenvalue weighted by molar-refractivity contribution is 5.33. The predicted molar refractivity (Wildman–Crippen MR) is 93.1 cm³/mol. The van der Waals surface area contributed by atoms with Gasteiger partial charge in [-0.05, 0) is 32.0 Å². The van der Waals surface area contributed by atoms with Gasteiger partial charge in [-0.3, -0.25) is 4.98 Å². The highest BCUT2D eigenvalue weighted by atomic mass is 19.1. The van der Waals surface area contributed by atoms with E-state index in [0.717, 1.165) is 11.0 Å². The van der Waals surface area contributed by atoms with E-state index in [4.69, 9.17) is 9.47 Å². The summed E-state index contributed by atoms with van der Waals surface area (Å²) in [5, 5.41) is 2.77. The van der Waals surface area contributed by atoms with Crippen molar-refractivity contribution in [2.75, 3.05) is 18.5 Å². The maximum absolute atomic E-state index is 14.0. The van der Waals surface area contributed by atoms with Crippen LogP contribution in [0.25, 0.3) is 0 Å². The monoisotopic (exact) mass is 364 g/mol. The van der Waals surface area contributed by atoms with Gasteiger partial charge in [0.05, 0.1) is 13.2 Å². The van der Waals surface area contributed by atoms with Crippen molar-refractivity contribution in [3.05, 3.63) is 50.5 Å². The molecule has 0 bridgehead atoms. The van der Waals surface area contributed by atoms with Gasteiger partial charge < -0.3 is 14.8 Å². The topological polar surface area (TPSA) is 98.2 Å². The van der Waals surface area contributed by atoms with E-state index in [1.165, 1.54) is 6.07 Å². The number of halogens is 1. The van der Waals surface area contributed by atoms with Crippen LogP contribution in [-0.4, -0.2) is 33.9 Å². The molecule has 1 atom stereocenters. The molecular formula is C17H21FN4O4. The first-order valence-electron chi connectivity index (χ1n) is 8.43. The molecule has 1 unspecified atom stereocenters. The van der Waals surface area contributed by atoms with Crippen LogP contribution in [0.5, 0.6) is 5.75 Å². The molecule has 0 spiro atoms. The van der Waals surface area contributed by atoms with Gasteiger partial charge in [0.25, 0.3) is 0 Å². The molecule has 26 heavy (non-hydrogen) atoms. The summed E-state index contributed by atoms with van der Waals surface area (Å²) in [5.41, 5.74) is -0.900. The Morgan fingerprint density at radius 2 is 2.27 bits per heavy atom. The Balaban J connectivity index is 1.73. The summed E-state index contributed by atoms with van der Waals surface area (Å²) in [6.45, 7) is 4.63. The van der Waals surface area contributed by atoms with E-state index < -0.39 is 17.2 Å². The van der Waals surface area contributed by atoms with Gasteiger partial charge in [-0.25, -0.2) is 18.5 Å². The average molecular weight is 364 g/mol. The maximum atomic E-state index is 14.0. The fraction of sp³-hybridized carbons (Fsp3) is 0.471. The van der Waals surface area contributed by atoms with E-state index in [1.54, 1.807) is 26.0 Å². The molecule has 2 heterocycles. The Labute approximate surface area is 149 Å². The lowest BCUT2D eigenvalue weighted by Gasteiger charge is -2.14. The van der Waals surface area contributed by atoms with Gasteiger partial charge in [0.2, 0.25) is 5.95 Å². The molecule has 0 radical (unpaired) electrons. The third-order valence-electron chi connectivity index (χ3n) is 4.03. The van der Waals surface area contributed by atoms with Crippen LogP contribution in [0.3, 0.4) is 0 Å². The quantitative estimate of drug-likeness (QED) is 0.805. The first kappa shape index (κ1) is 18.1. The van der Waals surface area contributed by atoms with Crippen molar-refractivity contribution < 1.29 is 13.9 Å². The first-order chi connectivity index (χ1) is 12.4. The summed E-state index contributed by atoms with van der Waals surface area (Å²) in [4.78, 5) is 30.1. The summed E-state index contributed by atoms with van der Waals surface area (Å²) >= 11 is 0. The van der Waals surface area contributed by atoms with Crippen molar-refractivity contribution in [1.82, 2.24) is 14.5 Å². The SMILES string of the molecule is CC(C)n1c(=O)nc(NCc2cc(OC3CCOC3)ccc2F)[nH]c1=O. The third-order valence-corrected chi connectivity index (χ3v) is 4.03. The number of aromatic nitrogens is 3. The second-order valence-corrected chi connectivity index (χ2v) is 6.35. The average Bonchev–Trinajstić information content (AvgIpc) is 3.07. The van der Waals surface area contributed by atoms with E-state index in [-0.39, 0.29) is 24.6 Å². The molecule has 0 saturated carbocycles. The Bertz CT molecular complexity index is 856. The third kappa shape index (κ3) is 4.10. The van der Waals surface area contributed by atoms with Crippen molar-refractivity contribution in [1.29, 1.82) is 0 Å². The minimum absolute atomic E-state index is 0.00758. The number of ether oxygens (including phenoxy) is 2. The number of hydrogen-bond donors (Lipinski definition) is 2. The Morgan fingerprint density at radius 3 is 2.92 bits per heavy atom. The minimum Gasteiger partial charge on any atom is -0.488 e. The normalized spacial score (nSPS) is 16.8. The Hall–Kier alpha value is -2.68. The molecule has 1 saturated heterocycles. The van der Waals surface area contributed by atoms with E-state index >= 15 is 0 Å². The number of hydrogen-bond acceptors (Lipinski definition) is 6. The maximum Gasteiger partial charge on any atom is 0.355 e. The number of rotatable bonds is 6. The van der Waals surface area contributed by atoms with Crippen molar-refractivity contribution >= 4 is 5.95 Å². The Morgan fingerprint density at radius 1 is 1.46 bits per heavy atom. The molecule has 1 aromatic carbocycles. The lowest BCUT2D eigenvalue weighted by molar-refractivity contribution is 0.141. The lowest BCUT2D eigenvalue weighted by Crippen LogP contribution is -2.38. The van der Waals surface area contributed by atoms with Gasteiger partial charge in [-0.15, -0.1) is 0 Å². The largest absolute Gasteiger partial charge is 0.488 e. The van der Waals surface area contributed by atoms with Crippen LogP contribution >= 0.6 is 0 Å². The Kier molecular flexibility index (Phi) is 5.36. The zero-order valence-electron chi connectivity index (χ0n) is 14.6. The fourth-order valence-electron chi connectivity index (χ4n) is 2.70. The second-order valence-electron chi connectivity index (χ2n) is 6.35. The van der Waals surface area contributed by atoms with Gasteiger partial charge in [0.15, 0.2) is 0 Å². The predicted octanol–water partition coefficient (Wildman–Crippen LogP) is 1.43. The zero-order chi connectivity index (χ0) is 18.7. The summed E-state index contributed by atoms with van der Waals surface area (Å²) < 4.78 is 26.0. The molecule has 0 aliphatic carbocycles. The van der Waals surface area contributed by atoms with Crippen molar-refractivity contribution in [2.45, 2.75) is 39.0 Å². The summed E-state index contributed by atoms with van der Waals surface area (Å²) in [6, 6.07) is 4.14. The van der Waals surface area contributed by atoms with Crippen LogP contribution < -0.4 is 21.4 Å². The van der Waals surface area contributed by atoms with E-state index in [0.29, 0.717) is 24.5 Å². The minimum atomic E-state index is -0.662. The highest BCUT2D eigenvalue weighted by Gasteiger charge is 2.18. The van der Waals surface area contributed by atoms with Crippen molar-refractivity contribution in [3.8, 4) is 5.75 Å². The van der Waals surface area contributed by atoms with Crippen LogP contribution in [-0.2, 0) is 11.3 Å². The van der Waals surface area contributed by atoms with E-state index in [2.05, 4.69) is 15.3 Å². The molecule has 3 rings (SSSR count). The van der Waals surface area contributed by atoms with E-state index in [1.807, 2.05) is 0 Å². The number of nitrogens with zero attached hydrogens (tertiary/aromatic N) is 2. The van der Waals surface area contributed by atoms with Crippen molar-refractivity contribution in [3.63, 3.8) is 0 Å². The molecule has 1 aliphatic heterocycles. The number of aromatic amines is 1. The van der Waals surface area contributed by atoms with Gasteiger partial charge in [-0.2, -0.15) is 4.98 Å². The first-order valence-corrected chi connectivity index (χ1v) is 8.43. The van der Waals surface area contributed by atoms with Crippen LogP contribution in [0.15, 0.2) is 27.8 Å². The fourth-order valence-corrected chi connectivity index (χ4v) is 2.70. The number of benzene rings is 1. The lowest BCUT2D eigenvalue weighted by atomic mass is 10.2. The van der Waals surface area contributed by atoms with Gasteiger partial charge in [0, 0.05) is 24.6 Å². The molecule has 8 nitrogen and oxygen atoms in total. The van der Waals surface area contributed by atoms with Gasteiger partial charge in [0.1, 0.15) is 17.7 Å². The van der Waals surface area contributed by atoms with Crippen LogP contribution in [0.1, 0.15) is 31.9 Å². The molecule has 2 aromatic rings. The second kappa shape index (κ2) is 7.69. The van der Waals surface area contributed by atoms with Crippen LogP contribution in [0.2, 0.25) is 0 Å². The van der Waals surface area contributed by atoms with Crippen LogP contribution in [0.4, 0.5) is 10.3 Å². The molecule has 1 fully saturated rings. The van der Waals surface area contributed by atoms with E-state index in [9.17, 15) is 14.0 Å². The molecule has 0 amide bonds. The van der Waals surface area contributed by atoms with Crippen LogP contribution in [0, 0.1) is 5.82 Å². The van der Waals surface area contributed by atoms with Crippen molar-refractivity contribution in [2.24, 2.45) is 0 Å².